The Labute approximate surface area is 42.7 Å². The van der Waals surface area contributed by atoms with Gasteiger partial charge in [-0.1, -0.05) is 0 Å². The first-order chi connectivity index (χ1) is 2.81. The van der Waals surface area contributed by atoms with E-state index in [4.69, 9.17) is 10.2 Å². The third kappa shape index (κ3) is 2.74. The van der Waals surface area contributed by atoms with Gasteiger partial charge in [-0.2, -0.15) is 0 Å². The van der Waals surface area contributed by atoms with Gasteiger partial charge in [0.15, 0.2) is 0 Å². The van der Waals surface area contributed by atoms with Gasteiger partial charge in [0.2, 0.25) is 0 Å². The summed E-state index contributed by atoms with van der Waals surface area (Å²) < 4.78 is 9.40. The van der Waals surface area contributed by atoms with Crippen LogP contribution in [0.15, 0.2) is 0 Å². The van der Waals surface area contributed by atoms with Crippen molar-refractivity contribution in [2.75, 3.05) is 9.25 Å². The van der Waals surface area contributed by atoms with E-state index in [9.17, 15) is 3.08 Å². The molecule has 0 aromatic carbocycles. The van der Waals surface area contributed by atoms with E-state index in [1.165, 1.54) is 0 Å². The van der Waals surface area contributed by atoms with Crippen LogP contribution in [0, 0.1) is 0 Å². The van der Waals surface area contributed by atoms with Crippen molar-refractivity contribution in [2.24, 2.45) is 0 Å². The number of aliphatic hydroxyl groups is 2. The Morgan fingerprint density at radius 3 is 1.67 bits per heavy atom. The second kappa shape index (κ2) is 3.70. The van der Waals surface area contributed by atoms with E-state index in [0.29, 0.717) is 0 Å². The zero-order valence-electron chi connectivity index (χ0n) is 3.22. The van der Waals surface area contributed by atoms with Gasteiger partial charge in [-0.05, 0) is 0 Å². The van der Waals surface area contributed by atoms with Crippen LogP contribution in [0.25, 0.3) is 0 Å². The molecule has 0 aliphatic rings. The second-order valence-corrected chi connectivity index (χ2v) is 5.73. The number of hydrogen-bond donors (Lipinski definition) is 2. The van der Waals surface area contributed by atoms with Crippen LogP contribution in [0.4, 0.5) is 0 Å². The van der Waals surface area contributed by atoms with Crippen molar-refractivity contribution in [2.45, 2.75) is 0 Å². The van der Waals surface area contributed by atoms with Crippen LogP contribution in [-0.2, 0) is 3.08 Å². The number of aliphatic hydroxyl groups excluding tert-OH is 2. The molecule has 0 bridgehead atoms. The van der Waals surface area contributed by atoms with Crippen LogP contribution in [-0.4, -0.2) is 39.2 Å². The van der Waals surface area contributed by atoms with Crippen molar-refractivity contribution >= 4 is 19.7 Å². The first-order valence-electron chi connectivity index (χ1n) is 1.54. The molecule has 0 aliphatic heterocycles. The molecule has 0 aromatic rings. The molecule has 2 N–H and O–H groups in total. The van der Waals surface area contributed by atoms with E-state index in [2.05, 4.69) is 0 Å². The summed E-state index contributed by atoms with van der Waals surface area (Å²) in [5.74, 6) is 0. The SMILES string of the molecule is [O]=[Sn]([CH2]O)[CH2]O. The number of rotatable bonds is 2. The van der Waals surface area contributed by atoms with Gasteiger partial charge in [-0.25, -0.2) is 0 Å². The summed E-state index contributed by atoms with van der Waals surface area (Å²) in [5, 5.41) is 15.9. The zero-order valence-corrected chi connectivity index (χ0v) is 6.07. The minimum absolute atomic E-state index is 0.279. The van der Waals surface area contributed by atoms with Gasteiger partial charge in [0.05, 0.1) is 0 Å². The Balaban J connectivity index is 2.99. The fourth-order valence-electron chi connectivity index (χ4n) is 0.0500. The fraction of sp³-hybridized carbons (Fsp3) is 1.00. The number of hydrogen-bond acceptors (Lipinski definition) is 3. The van der Waals surface area contributed by atoms with Crippen LogP contribution in [0.2, 0.25) is 0 Å². The molecule has 0 radical (unpaired) electrons. The van der Waals surface area contributed by atoms with Crippen molar-refractivity contribution in [1.29, 1.82) is 0 Å². The molecule has 0 aliphatic carbocycles. The van der Waals surface area contributed by atoms with Gasteiger partial charge in [-0.15, -0.1) is 0 Å². The van der Waals surface area contributed by atoms with Crippen molar-refractivity contribution in [3.8, 4) is 0 Å². The summed E-state index contributed by atoms with van der Waals surface area (Å²) in [5.41, 5.74) is 0. The van der Waals surface area contributed by atoms with E-state index in [-0.39, 0.29) is 9.25 Å². The second-order valence-electron chi connectivity index (χ2n) is 0.855. The average Bonchev–Trinajstić information content (AvgIpc) is 1.65. The predicted molar refractivity (Wildman–Crippen MR) is 20.6 cm³/mol. The van der Waals surface area contributed by atoms with E-state index in [1.54, 1.807) is 0 Å². The molecule has 0 heterocycles. The zero-order chi connectivity index (χ0) is 4.99. The van der Waals surface area contributed by atoms with Crippen LogP contribution >= 0.6 is 0 Å². The van der Waals surface area contributed by atoms with E-state index < -0.39 is 19.7 Å². The Kier molecular flexibility index (Phi) is 4.02. The molecular weight excluding hydrogens is 191 g/mol. The van der Waals surface area contributed by atoms with Crippen LogP contribution in [0.3, 0.4) is 0 Å². The first-order valence-corrected chi connectivity index (χ1v) is 6.75. The van der Waals surface area contributed by atoms with Crippen molar-refractivity contribution < 1.29 is 13.3 Å². The summed E-state index contributed by atoms with van der Waals surface area (Å²) in [6.07, 6.45) is 0. The normalized spacial score (nSPS) is 8.33. The molecule has 0 amide bonds. The van der Waals surface area contributed by atoms with Gasteiger partial charge in [0.1, 0.15) is 0 Å². The molecule has 0 aromatic heterocycles. The molecule has 0 rings (SSSR count). The molecule has 6 heavy (non-hydrogen) atoms. The van der Waals surface area contributed by atoms with Crippen molar-refractivity contribution in [3.05, 3.63) is 0 Å². The molecule has 3 nitrogen and oxygen atoms in total. The van der Waals surface area contributed by atoms with E-state index in [0.717, 1.165) is 0 Å². The molecule has 0 saturated carbocycles. The molecule has 0 atom stereocenters. The summed E-state index contributed by atoms with van der Waals surface area (Å²) >= 11 is -2.76. The molecule has 36 valence electrons. The molecule has 0 saturated heterocycles. The molecule has 0 unspecified atom stereocenters. The Morgan fingerprint density at radius 2 is 1.67 bits per heavy atom. The van der Waals surface area contributed by atoms with Crippen molar-refractivity contribution in [1.82, 2.24) is 0 Å². The molecule has 0 fully saturated rings. The summed E-state index contributed by atoms with van der Waals surface area (Å²) in [7, 11) is 0. The van der Waals surface area contributed by atoms with Gasteiger partial charge < -0.3 is 0 Å². The summed E-state index contributed by atoms with van der Waals surface area (Å²) in [6.45, 7) is 0. The van der Waals surface area contributed by atoms with Crippen LogP contribution < -0.4 is 0 Å². The molecule has 0 spiro atoms. The maximum absolute atomic E-state index is 9.96. The topological polar surface area (TPSA) is 57.5 Å². The van der Waals surface area contributed by atoms with Crippen LogP contribution in [0.1, 0.15) is 0 Å². The Bertz CT molecular complexity index is 46.8. The van der Waals surface area contributed by atoms with Gasteiger partial charge in [0, 0.05) is 0 Å². The molecular formula is C2H6O3Sn. The first kappa shape index (κ1) is 6.52. The fourth-order valence-corrected chi connectivity index (χ4v) is 0.335. The Hall–Kier alpha value is 0.519. The maximum atomic E-state index is 9.96. The van der Waals surface area contributed by atoms with Crippen molar-refractivity contribution in [3.63, 3.8) is 0 Å². The summed E-state index contributed by atoms with van der Waals surface area (Å²) in [4.78, 5) is 0. The van der Waals surface area contributed by atoms with Crippen LogP contribution in [0.5, 0.6) is 0 Å². The average molecular weight is 197 g/mol. The van der Waals surface area contributed by atoms with Gasteiger partial charge in [-0.3, -0.25) is 0 Å². The third-order valence-corrected chi connectivity index (χ3v) is 2.37. The standard InChI is InChI=1S/2CH3O.O.Sn/c2*1-2;;/h2*2H,1H2;;. The third-order valence-electron chi connectivity index (χ3n) is 0.353. The molecule has 4 heteroatoms. The van der Waals surface area contributed by atoms with E-state index in [1.807, 2.05) is 0 Å². The van der Waals surface area contributed by atoms with Gasteiger partial charge >= 0.3 is 42.3 Å². The predicted octanol–water partition coefficient (Wildman–Crippen LogP) is -1.53. The minimum atomic E-state index is -2.76. The van der Waals surface area contributed by atoms with E-state index >= 15 is 0 Å². The monoisotopic (exact) mass is 198 g/mol. The Morgan fingerprint density at radius 1 is 1.33 bits per heavy atom. The van der Waals surface area contributed by atoms with Gasteiger partial charge in [0.25, 0.3) is 0 Å². The summed E-state index contributed by atoms with van der Waals surface area (Å²) in [6, 6.07) is 0. The quantitative estimate of drug-likeness (QED) is 0.528.